The molecule has 1 saturated heterocycles. The van der Waals surface area contributed by atoms with Gasteiger partial charge in [0.15, 0.2) is 5.60 Å². The van der Waals surface area contributed by atoms with Gasteiger partial charge in [-0.2, -0.15) is 0 Å². The van der Waals surface area contributed by atoms with Crippen molar-refractivity contribution >= 4 is 0 Å². The number of rotatable bonds is 10. The lowest BCUT2D eigenvalue weighted by atomic mass is 9.70. The molecular formula is C35H38N2O6. The van der Waals surface area contributed by atoms with Gasteiger partial charge in [0.05, 0.1) is 19.8 Å². The first-order chi connectivity index (χ1) is 20.8. The number of nitrogens with one attached hydrogen (secondary N) is 1. The Kier molecular flexibility index (Phi) is 8.34. The Labute approximate surface area is 251 Å². The number of ether oxygens (including phenoxy) is 4. The van der Waals surface area contributed by atoms with Gasteiger partial charge in [0.25, 0.3) is 5.56 Å². The summed E-state index contributed by atoms with van der Waals surface area (Å²) in [7, 11) is 0. The van der Waals surface area contributed by atoms with E-state index in [-0.39, 0.29) is 18.4 Å². The molecule has 1 aliphatic heterocycles. The van der Waals surface area contributed by atoms with Crippen molar-refractivity contribution in [3.05, 3.63) is 134 Å². The maximum atomic E-state index is 13.2. The molecule has 0 amide bonds. The zero-order valence-corrected chi connectivity index (χ0v) is 24.8. The first-order valence-corrected chi connectivity index (χ1v) is 14.8. The molecule has 0 radical (unpaired) electrons. The van der Waals surface area contributed by atoms with Crippen molar-refractivity contribution in [1.82, 2.24) is 9.55 Å². The molecule has 2 bridgehead atoms. The van der Waals surface area contributed by atoms with E-state index < -0.39 is 35.3 Å². The van der Waals surface area contributed by atoms with Crippen LogP contribution in [0.4, 0.5) is 0 Å². The van der Waals surface area contributed by atoms with Crippen LogP contribution in [0.25, 0.3) is 0 Å². The SMILES string of the molecule is Cc1ccc(O[C@H]2C[C@@H](C)[C@H]3[C@H](n4cc(C)c(=O)[nH]c4=O)O[C@]2(COCc2ccccc2)[C@H]3OCc2ccccc2)cc1. The van der Waals surface area contributed by atoms with Gasteiger partial charge in [-0.1, -0.05) is 85.3 Å². The van der Waals surface area contributed by atoms with Gasteiger partial charge in [-0.25, -0.2) is 4.79 Å². The molecule has 1 aliphatic carbocycles. The van der Waals surface area contributed by atoms with Gasteiger partial charge in [0, 0.05) is 17.7 Å². The minimum atomic E-state index is -1.04. The van der Waals surface area contributed by atoms with Gasteiger partial charge in [-0.15, -0.1) is 0 Å². The standard InChI is InChI=1S/C35H38N2O6/c1-23-14-16-28(17-15-23)42-29-18-24(2)30-31(41-21-27-12-8-5-9-13-27)35(29,22-40-20-26-10-6-4-7-11-26)43-33(30)37-19-25(3)32(38)36-34(37)39/h4-17,19,24,29-31,33H,18,20-22H2,1-3H3,(H,36,38,39)/t24-,29+,30-,31+,33-,35+/m1/s1. The summed E-state index contributed by atoms with van der Waals surface area (Å²) < 4.78 is 28.5. The van der Waals surface area contributed by atoms with Gasteiger partial charge in [-0.3, -0.25) is 14.3 Å². The van der Waals surface area contributed by atoms with E-state index in [0.29, 0.717) is 25.2 Å². The smallest absolute Gasteiger partial charge is 0.330 e. The lowest BCUT2D eigenvalue weighted by Crippen LogP contribution is -2.61. The monoisotopic (exact) mass is 582 g/mol. The van der Waals surface area contributed by atoms with E-state index in [4.69, 9.17) is 18.9 Å². The number of nitrogens with zero attached hydrogens (tertiary/aromatic N) is 1. The summed E-state index contributed by atoms with van der Waals surface area (Å²) in [6.07, 6.45) is 0.675. The maximum Gasteiger partial charge on any atom is 0.330 e. The highest BCUT2D eigenvalue weighted by molar-refractivity contribution is 5.28. The van der Waals surface area contributed by atoms with Crippen LogP contribution in [0.1, 0.15) is 41.8 Å². The predicted molar refractivity (Wildman–Crippen MR) is 163 cm³/mol. The van der Waals surface area contributed by atoms with Crippen LogP contribution in [-0.4, -0.2) is 34.0 Å². The Hall–Kier alpha value is -3.98. The van der Waals surface area contributed by atoms with Crippen molar-refractivity contribution in [2.45, 2.75) is 64.4 Å². The lowest BCUT2D eigenvalue weighted by Gasteiger charge is -2.46. The molecule has 6 rings (SSSR count). The molecule has 3 aromatic carbocycles. The number of benzene rings is 3. The molecule has 2 aliphatic rings. The molecule has 43 heavy (non-hydrogen) atoms. The first-order valence-electron chi connectivity index (χ1n) is 14.8. The molecule has 0 spiro atoms. The van der Waals surface area contributed by atoms with Crippen LogP contribution in [0.2, 0.25) is 0 Å². The summed E-state index contributed by atoms with van der Waals surface area (Å²) >= 11 is 0. The highest BCUT2D eigenvalue weighted by Gasteiger charge is 2.66. The summed E-state index contributed by atoms with van der Waals surface area (Å²) in [5.74, 6) is 0.588. The van der Waals surface area contributed by atoms with Crippen molar-refractivity contribution in [2.75, 3.05) is 6.61 Å². The van der Waals surface area contributed by atoms with Crippen molar-refractivity contribution in [3.63, 3.8) is 0 Å². The van der Waals surface area contributed by atoms with Gasteiger partial charge in [0.1, 0.15) is 24.2 Å². The number of fused-ring (bicyclic) bond motifs is 2. The summed E-state index contributed by atoms with van der Waals surface area (Å²) in [5.41, 5.74) is 1.68. The van der Waals surface area contributed by atoms with Gasteiger partial charge >= 0.3 is 5.69 Å². The molecule has 1 saturated carbocycles. The fourth-order valence-corrected chi connectivity index (χ4v) is 6.45. The van der Waals surface area contributed by atoms with Crippen LogP contribution in [0.5, 0.6) is 5.75 Å². The Morgan fingerprint density at radius 3 is 2.23 bits per heavy atom. The second kappa shape index (κ2) is 12.3. The van der Waals surface area contributed by atoms with Crippen LogP contribution < -0.4 is 16.0 Å². The van der Waals surface area contributed by atoms with Crippen LogP contribution in [0.3, 0.4) is 0 Å². The Morgan fingerprint density at radius 1 is 0.907 bits per heavy atom. The second-order valence-corrected chi connectivity index (χ2v) is 11.8. The number of aryl methyl sites for hydroxylation is 2. The van der Waals surface area contributed by atoms with Gasteiger partial charge < -0.3 is 18.9 Å². The van der Waals surface area contributed by atoms with Crippen molar-refractivity contribution in [3.8, 4) is 5.75 Å². The van der Waals surface area contributed by atoms with E-state index in [1.165, 1.54) is 4.57 Å². The normalized spacial score (nSPS) is 26.3. The average Bonchev–Trinajstić information content (AvgIpc) is 3.28. The van der Waals surface area contributed by atoms with Crippen molar-refractivity contribution < 1.29 is 18.9 Å². The van der Waals surface area contributed by atoms with E-state index in [0.717, 1.165) is 22.4 Å². The molecule has 1 aromatic heterocycles. The first kappa shape index (κ1) is 29.1. The summed E-state index contributed by atoms with van der Waals surface area (Å²) in [6.45, 7) is 6.81. The molecule has 0 unspecified atom stereocenters. The molecule has 1 N–H and O–H groups in total. The summed E-state index contributed by atoms with van der Waals surface area (Å²) in [6, 6.07) is 28.0. The van der Waals surface area contributed by atoms with Crippen LogP contribution in [-0.2, 0) is 27.4 Å². The van der Waals surface area contributed by atoms with E-state index in [2.05, 4.69) is 11.9 Å². The molecule has 2 fully saturated rings. The van der Waals surface area contributed by atoms with Gasteiger partial charge in [-0.05, 0) is 49.4 Å². The Morgan fingerprint density at radius 2 is 1.56 bits per heavy atom. The molecule has 224 valence electrons. The molecule has 2 heterocycles. The largest absolute Gasteiger partial charge is 0.487 e. The third-order valence-corrected chi connectivity index (χ3v) is 8.72. The number of hydrogen-bond donors (Lipinski definition) is 1. The summed E-state index contributed by atoms with van der Waals surface area (Å²) in [4.78, 5) is 27.9. The third-order valence-electron chi connectivity index (χ3n) is 8.72. The fourth-order valence-electron chi connectivity index (χ4n) is 6.45. The van der Waals surface area contributed by atoms with E-state index in [1.807, 2.05) is 91.9 Å². The van der Waals surface area contributed by atoms with E-state index in [9.17, 15) is 9.59 Å². The Balaban J connectivity index is 1.42. The van der Waals surface area contributed by atoms with Crippen LogP contribution in [0.15, 0.2) is 101 Å². The van der Waals surface area contributed by atoms with Crippen LogP contribution in [0, 0.1) is 25.7 Å². The molecule has 8 nitrogen and oxygen atoms in total. The molecular weight excluding hydrogens is 544 g/mol. The minimum Gasteiger partial charge on any atom is -0.487 e. The highest BCUT2D eigenvalue weighted by atomic mass is 16.6. The van der Waals surface area contributed by atoms with Crippen molar-refractivity contribution in [2.24, 2.45) is 11.8 Å². The van der Waals surface area contributed by atoms with Crippen molar-refractivity contribution in [1.29, 1.82) is 0 Å². The van der Waals surface area contributed by atoms with Crippen LogP contribution >= 0.6 is 0 Å². The minimum absolute atomic E-state index is 0.0603. The maximum absolute atomic E-state index is 13.2. The second-order valence-electron chi connectivity index (χ2n) is 11.8. The lowest BCUT2D eigenvalue weighted by molar-refractivity contribution is -0.205. The number of H-pyrrole nitrogens is 1. The number of aromatic amines is 1. The van der Waals surface area contributed by atoms with E-state index >= 15 is 0 Å². The topological polar surface area (TPSA) is 91.8 Å². The zero-order valence-electron chi connectivity index (χ0n) is 24.8. The predicted octanol–water partition coefficient (Wildman–Crippen LogP) is 5.33. The number of hydrogen-bond acceptors (Lipinski definition) is 6. The highest BCUT2D eigenvalue weighted by Crippen LogP contribution is 2.55. The number of aromatic nitrogens is 2. The zero-order chi connectivity index (χ0) is 30.0. The van der Waals surface area contributed by atoms with E-state index in [1.54, 1.807) is 13.1 Å². The molecule has 6 atom stereocenters. The molecule has 8 heteroatoms. The quantitative estimate of drug-likeness (QED) is 0.272. The average molecular weight is 583 g/mol. The van der Waals surface area contributed by atoms with Gasteiger partial charge in [0.2, 0.25) is 0 Å². The molecule has 4 aromatic rings. The third kappa shape index (κ3) is 5.95. The Bertz CT molecular complexity index is 1640. The summed E-state index contributed by atoms with van der Waals surface area (Å²) in [5, 5.41) is 0. The fraction of sp³-hybridized carbons (Fsp3) is 0.371.